The van der Waals surface area contributed by atoms with Gasteiger partial charge in [-0.05, 0) is 43.5 Å². The molecule has 1 saturated heterocycles. The quantitative estimate of drug-likeness (QED) is 0.911. The maximum Gasteiger partial charge on any atom is 0.319 e. The van der Waals surface area contributed by atoms with Crippen molar-refractivity contribution in [2.45, 2.75) is 26.3 Å². The van der Waals surface area contributed by atoms with Gasteiger partial charge in [0.1, 0.15) is 11.6 Å². The first kappa shape index (κ1) is 15.3. The fraction of sp³-hybridized carbons (Fsp3) is 0.353. The molecule has 6 nitrogen and oxygen atoms in total. The zero-order valence-corrected chi connectivity index (χ0v) is 13.2. The number of hydrogen-bond acceptors (Lipinski definition) is 4. The zero-order valence-electron chi connectivity index (χ0n) is 13.2. The monoisotopic (exact) mass is 311 g/mol. The predicted molar refractivity (Wildman–Crippen MR) is 90.5 cm³/mol. The summed E-state index contributed by atoms with van der Waals surface area (Å²) in [5.74, 6) is 1.56. The Kier molecular flexibility index (Phi) is 4.71. The highest BCUT2D eigenvalue weighted by Crippen LogP contribution is 2.16. The fourth-order valence-electron chi connectivity index (χ4n) is 2.65. The van der Waals surface area contributed by atoms with E-state index in [0.717, 1.165) is 30.2 Å². The van der Waals surface area contributed by atoms with E-state index in [1.807, 2.05) is 37.3 Å². The van der Waals surface area contributed by atoms with Crippen LogP contribution in [0.4, 0.5) is 16.3 Å². The molecule has 1 aliphatic rings. The van der Waals surface area contributed by atoms with Crippen LogP contribution in [0, 0.1) is 6.92 Å². The minimum absolute atomic E-state index is 0.259. The van der Waals surface area contributed by atoms with Crippen molar-refractivity contribution in [1.82, 2.24) is 15.3 Å². The van der Waals surface area contributed by atoms with Crippen LogP contribution in [0.15, 0.2) is 36.5 Å². The second-order valence-electron chi connectivity index (χ2n) is 5.70. The molecule has 120 valence electrons. The highest BCUT2D eigenvalue weighted by molar-refractivity contribution is 5.89. The Hall–Kier alpha value is -2.63. The Morgan fingerprint density at radius 3 is 2.87 bits per heavy atom. The van der Waals surface area contributed by atoms with Crippen molar-refractivity contribution in [1.29, 1.82) is 0 Å². The third kappa shape index (κ3) is 4.18. The lowest BCUT2D eigenvalue weighted by molar-refractivity contribution is 0.251. The maximum atomic E-state index is 12.0. The molecular weight excluding hydrogens is 290 g/mol. The number of rotatable bonds is 4. The molecule has 0 atom stereocenters. The lowest BCUT2D eigenvalue weighted by Crippen LogP contribution is -2.29. The zero-order chi connectivity index (χ0) is 16.1. The molecule has 3 rings (SSSR count). The van der Waals surface area contributed by atoms with E-state index in [-0.39, 0.29) is 6.03 Å². The van der Waals surface area contributed by atoms with Gasteiger partial charge in [-0.15, -0.1) is 0 Å². The van der Waals surface area contributed by atoms with Crippen molar-refractivity contribution in [2.24, 2.45) is 0 Å². The largest absolute Gasteiger partial charge is 0.357 e. The smallest absolute Gasteiger partial charge is 0.319 e. The topological polar surface area (TPSA) is 70.2 Å². The molecule has 0 bridgehead atoms. The Morgan fingerprint density at radius 1 is 1.26 bits per heavy atom. The summed E-state index contributed by atoms with van der Waals surface area (Å²) in [6.45, 7) is 4.37. The molecule has 0 saturated carbocycles. The number of hydrogen-bond donors (Lipinski definition) is 2. The third-order valence-corrected chi connectivity index (χ3v) is 3.80. The second kappa shape index (κ2) is 7.09. The van der Waals surface area contributed by atoms with Gasteiger partial charge >= 0.3 is 6.03 Å². The van der Waals surface area contributed by atoms with E-state index in [1.54, 1.807) is 6.20 Å². The summed E-state index contributed by atoms with van der Waals surface area (Å²) in [7, 11) is 0. The van der Waals surface area contributed by atoms with E-state index >= 15 is 0 Å². The van der Waals surface area contributed by atoms with Crippen molar-refractivity contribution < 1.29 is 4.79 Å². The van der Waals surface area contributed by atoms with Crippen LogP contribution in [0.2, 0.25) is 0 Å². The van der Waals surface area contributed by atoms with Crippen molar-refractivity contribution >= 4 is 17.5 Å². The number of amides is 2. The van der Waals surface area contributed by atoms with Crippen LogP contribution in [0.1, 0.15) is 24.2 Å². The maximum absolute atomic E-state index is 12.0. The molecule has 2 N–H and O–H groups in total. The van der Waals surface area contributed by atoms with Gasteiger partial charge in [-0.25, -0.2) is 14.8 Å². The molecule has 1 fully saturated rings. The van der Waals surface area contributed by atoms with Gasteiger partial charge in [0.2, 0.25) is 0 Å². The van der Waals surface area contributed by atoms with Crippen LogP contribution in [0.25, 0.3) is 0 Å². The molecule has 23 heavy (non-hydrogen) atoms. The third-order valence-electron chi connectivity index (χ3n) is 3.80. The van der Waals surface area contributed by atoms with Crippen LogP contribution in [-0.2, 0) is 6.54 Å². The minimum atomic E-state index is -0.259. The molecule has 0 spiro atoms. The molecule has 0 aliphatic carbocycles. The van der Waals surface area contributed by atoms with Gasteiger partial charge in [-0.3, -0.25) is 0 Å². The minimum Gasteiger partial charge on any atom is -0.357 e. The normalized spacial score (nSPS) is 13.9. The van der Waals surface area contributed by atoms with E-state index < -0.39 is 0 Å². The van der Waals surface area contributed by atoms with Crippen LogP contribution in [0.5, 0.6) is 0 Å². The Labute approximate surface area is 135 Å². The first-order chi connectivity index (χ1) is 11.2. The number of nitrogens with zero attached hydrogens (tertiary/aromatic N) is 3. The lowest BCUT2D eigenvalue weighted by Gasteiger charge is -2.16. The fourth-order valence-corrected chi connectivity index (χ4v) is 2.65. The van der Waals surface area contributed by atoms with E-state index in [0.29, 0.717) is 12.4 Å². The van der Waals surface area contributed by atoms with Crippen molar-refractivity contribution in [3.8, 4) is 0 Å². The molecular formula is C17H21N5O. The number of anilines is 2. The highest BCUT2D eigenvalue weighted by atomic mass is 16.2. The summed E-state index contributed by atoms with van der Waals surface area (Å²) in [5, 5.41) is 5.60. The average Bonchev–Trinajstić information content (AvgIpc) is 3.08. The first-order valence-electron chi connectivity index (χ1n) is 7.89. The molecule has 2 aromatic rings. The van der Waals surface area contributed by atoms with Crippen LogP contribution in [-0.4, -0.2) is 29.1 Å². The molecule has 6 heteroatoms. The van der Waals surface area contributed by atoms with E-state index in [4.69, 9.17) is 0 Å². The number of carbonyl (C=O) groups is 1. The SMILES string of the molecule is Cc1cccc(NC(=O)NCc2nccc(N3CCCC3)n2)c1. The number of urea groups is 1. The summed E-state index contributed by atoms with van der Waals surface area (Å²) in [6.07, 6.45) is 4.16. The number of aromatic nitrogens is 2. The summed E-state index contributed by atoms with van der Waals surface area (Å²) in [5.41, 5.74) is 1.87. The van der Waals surface area contributed by atoms with Crippen molar-refractivity contribution in [3.63, 3.8) is 0 Å². The summed E-state index contributed by atoms with van der Waals surface area (Å²) < 4.78 is 0. The van der Waals surface area contributed by atoms with Gasteiger partial charge in [0.25, 0.3) is 0 Å². The van der Waals surface area contributed by atoms with Crippen LogP contribution in [0.3, 0.4) is 0 Å². The van der Waals surface area contributed by atoms with Crippen LogP contribution < -0.4 is 15.5 Å². The molecule has 2 amide bonds. The number of benzene rings is 1. The predicted octanol–water partition coefficient (Wildman–Crippen LogP) is 2.71. The standard InChI is InChI=1S/C17H21N5O/c1-13-5-4-6-14(11-13)20-17(23)19-12-15-18-8-7-16(21-15)22-9-2-3-10-22/h4-8,11H,2-3,9-10,12H2,1H3,(H2,19,20,23). The Bertz CT molecular complexity index is 682. The van der Waals surface area contributed by atoms with Gasteiger partial charge in [0.15, 0.2) is 0 Å². The summed E-state index contributed by atoms with van der Waals surface area (Å²) >= 11 is 0. The number of aryl methyl sites for hydroxylation is 1. The van der Waals surface area contributed by atoms with Gasteiger partial charge in [0, 0.05) is 25.0 Å². The van der Waals surface area contributed by atoms with Crippen molar-refractivity contribution in [3.05, 3.63) is 47.9 Å². The molecule has 1 aromatic heterocycles. The number of carbonyl (C=O) groups excluding carboxylic acids is 1. The number of nitrogens with one attached hydrogen (secondary N) is 2. The first-order valence-corrected chi connectivity index (χ1v) is 7.89. The second-order valence-corrected chi connectivity index (χ2v) is 5.70. The van der Waals surface area contributed by atoms with E-state index in [9.17, 15) is 4.79 Å². The molecule has 1 aliphatic heterocycles. The van der Waals surface area contributed by atoms with Gasteiger partial charge < -0.3 is 15.5 Å². The molecule has 1 aromatic carbocycles. The lowest BCUT2D eigenvalue weighted by atomic mass is 10.2. The van der Waals surface area contributed by atoms with Crippen molar-refractivity contribution in [2.75, 3.05) is 23.3 Å². The highest BCUT2D eigenvalue weighted by Gasteiger charge is 2.14. The Morgan fingerprint density at radius 2 is 2.09 bits per heavy atom. The summed E-state index contributed by atoms with van der Waals surface area (Å²) in [6, 6.07) is 9.34. The average molecular weight is 311 g/mol. The molecule has 2 heterocycles. The van der Waals surface area contributed by atoms with Gasteiger partial charge in [0.05, 0.1) is 6.54 Å². The van der Waals surface area contributed by atoms with E-state index in [2.05, 4.69) is 25.5 Å². The Balaban J connectivity index is 1.55. The summed E-state index contributed by atoms with van der Waals surface area (Å²) in [4.78, 5) is 22.9. The van der Waals surface area contributed by atoms with Crippen LogP contribution >= 0.6 is 0 Å². The molecule has 0 unspecified atom stereocenters. The van der Waals surface area contributed by atoms with Gasteiger partial charge in [-0.2, -0.15) is 0 Å². The van der Waals surface area contributed by atoms with E-state index in [1.165, 1.54) is 12.8 Å². The molecule has 0 radical (unpaired) electrons. The van der Waals surface area contributed by atoms with Gasteiger partial charge in [-0.1, -0.05) is 12.1 Å².